The van der Waals surface area contributed by atoms with Gasteiger partial charge in [-0.25, -0.2) is 13.4 Å². The van der Waals surface area contributed by atoms with E-state index in [1.165, 1.54) is 26.5 Å². The number of hydrogen-bond donors (Lipinski definition) is 0. The Bertz CT molecular complexity index is 1190. The zero-order valence-electron chi connectivity index (χ0n) is 19.9. The van der Waals surface area contributed by atoms with Crippen LogP contribution in [0.2, 0.25) is 0 Å². The molecule has 2 saturated heterocycles. The van der Waals surface area contributed by atoms with Gasteiger partial charge in [0.25, 0.3) is 5.56 Å². The molecule has 4 heterocycles. The molecule has 10 heteroatoms. The highest BCUT2D eigenvalue weighted by molar-refractivity contribution is 7.89. The molecular weight excluding hydrogens is 460 g/mol. The fourth-order valence-corrected chi connectivity index (χ4v) is 8.80. The summed E-state index contributed by atoms with van der Waals surface area (Å²) in [4.78, 5) is 33.8. The summed E-state index contributed by atoms with van der Waals surface area (Å²) in [5.41, 5.74) is -0.459. The van der Waals surface area contributed by atoms with Crippen molar-refractivity contribution < 1.29 is 13.2 Å². The maximum atomic E-state index is 13.7. The van der Waals surface area contributed by atoms with Crippen molar-refractivity contribution in [2.75, 3.05) is 19.6 Å². The van der Waals surface area contributed by atoms with Crippen LogP contribution in [-0.2, 0) is 21.4 Å². The van der Waals surface area contributed by atoms with E-state index in [0.29, 0.717) is 29.3 Å². The quantitative estimate of drug-likeness (QED) is 0.636. The summed E-state index contributed by atoms with van der Waals surface area (Å²) in [7, 11) is -3.85. The monoisotopic (exact) mass is 494 g/mol. The Hall–Kier alpha value is -1.78. The molecule has 4 rings (SSSR count). The molecule has 2 aliphatic rings. The van der Waals surface area contributed by atoms with Gasteiger partial charge in [-0.05, 0) is 50.9 Å². The van der Waals surface area contributed by atoms with Gasteiger partial charge in [0.15, 0.2) is 0 Å². The number of rotatable bonds is 5. The molecule has 2 fully saturated rings. The molecule has 1 amide bonds. The summed E-state index contributed by atoms with van der Waals surface area (Å²) < 4.78 is 30.1. The number of fused-ring (bicyclic) bond motifs is 1. The zero-order chi connectivity index (χ0) is 23.9. The minimum absolute atomic E-state index is 0.0625. The van der Waals surface area contributed by atoms with E-state index >= 15 is 0 Å². The van der Waals surface area contributed by atoms with Crippen LogP contribution in [0.3, 0.4) is 0 Å². The van der Waals surface area contributed by atoms with Crippen molar-refractivity contribution >= 4 is 37.5 Å². The second kappa shape index (κ2) is 9.46. The molecule has 182 valence electrons. The van der Waals surface area contributed by atoms with E-state index < -0.39 is 15.6 Å². The van der Waals surface area contributed by atoms with Gasteiger partial charge in [-0.1, -0.05) is 20.8 Å². The van der Waals surface area contributed by atoms with Gasteiger partial charge in [-0.2, -0.15) is 4.31 Å². The molecule has 0 spiro atoms. The number of piperidine rings is 2. The van der Waals surface area contributed by atoms with Crippen LogP contribution in [0, 0.1) is 18.8 Å². The Morgan fingerprint density at radius 2 is 1.91 bits per heavy atom. The third-order valence-electron chi connectivity index (χ3n) is 6.96. The molecule has 3 unspecified atom stereocenters. The first kappa shape index (κ1) is 24.3. The number of amides is 1. The first-order chi connectivity index (χ1) is 15.6. The number of sulfonamides is 1. The molecule has 2 aliphatic heterocycles. The van der Waals surface area contributed by atoms with Crippen molar-refractivity contribution in [1.29, 1.82) is 0 Å². The topological polar surface area (TPSA) is 92.6 Å². The molecule has 2 aromatic heterocycles. The fourth-order valence-electron chi connectivity index (χ4n) is 5.46. The Kier molecular flexibility index (Phi) is 6.98. The molecule has 0 aromatic carbocycles. The summed E-state index contributed by atoms with van der Waals surface area (Å²) in [5.74, 6) is 0.411. The first-order valence-electron chi connectivity index (χ1n) is 11.9. The van der Waals surface area contributed by atoms with Gasteiger partial charge in [0, 0.05) is 30.6 Å². The van der Waals surface area contributed by atoms with E-state index in [2.05, 4.69) is 25.8 Å². The van der Waals surface area contributed by atoms with E-state index in [0.717, 1.165) is 32.1 Å². The van der Waals surface area contributed by atoms with Crippen molar-refractivity contribution in [3.63, 3.8) is 0 Å². The Labute approximate surface area is 199 Å². The number of thiophene rings is 1. The van der Waals surface area contributed by atoms with Crippen LogP contribution in [-0.4, -0.2) is 58.8 Å². The summed E-state index contributed by atoms with van der Waals surface area (Å²) in [6, 6.07) is 0.195. The van der Waals surface area contributed by atoms with E-state index in [1.54, 1.807) is 6.92 Å². The SMILES string of the molecule is CCC1CCCCN1C(=O)Cn1cnc2sc(C)c(S(=O)(=O)N3CC(C)CC(C)C3)c2c1=O. The predicted octanol–water partition coefficient (Wildman–Crippen LogP) is 3.22. The first-order valence-corrected chi connectivity index (χ1v) is 14.2. The Balaban J connectivity index is 1.71. The lowest BCUT2D eigenvalue weighted by molar-refractivity contribution is -0.135. The molecule has 2 aromatic rings. The molecule has 0 aliphatic carbocycles. The fraction of sp³-hybridized carbons (Fsp3) is 0.696. The highest BCUT2D eigenvalue weighted by Gasteiger charge is 2.36. The zero-order valence-corrected chi connectivity index (χ0v) is 21.5. The predicted molar refractivity (Wildman–Crippen MR) is 130 cm³/mol. The molecule has 33 heavy (non-hydrogen) atoms. The van der Waals surface area contributed by atoms with E-state index in [9.17, 15) is 18.0 Å². The third kappa shape index (κ3) is 4.61. The van der Waals surface area contributed by atoms with Crippen molar-refractivity contribution in [2.24, 2.45) is 11.8 Å². The minimum Gasteiger partial charge on any atom is -0.338 e. The van der Waals surface area contributed by atoms with Crippen LogP contribution in [0.15, 0.2) is 16.0 Å². The second-order valence-electron chi connectivity index (χ2n) is 9.76. The minimum atomic E-state index is -3.85. The van der Waals surface area contributed by atoms with Gasteiger partial charge < -0.3 is 4.90 Å². The normalized spacial score (nSPS) is 25.0. The standard InChI is InChI=1S/C23H34N4O4S2/c1-5-18-8-6-7-9-27(18)19(28)13-25-14-24-22-20(23(25)29)21(17(4)32-22)33(30,31)26-11-15(2)10-16(3)12-26/h14-16,18H,5-13H2,1-4H3. The van der Waals surface area contributed by atoms with Crippen molar-refractivity contribution in [3.05, 3.63) is 21.6 Å². The van der Waals surface area contributed by atoms with Crippen molar-refractivity contribution in [1.82, 2.24) is 18.8 Å². The molecule has 3 atom stereocenters. The molecule has 0 bridgehead atoms. The number of carbonyl (C=O) groups excluding carboxylic acids is 1. The maximum absolute atomic E-state index is 13.7. The lowest BCUT2D eigenvalue weighted by atomic mass is 9.94. The van der Waals surface area contributed by atoms with Crippen molar-refractivity contribution in [2.45, 2.75) is 77.3 Å². The van der Waals surface area contributed by atoms with E-state index in [-0.39, 0.29) is 40.6 Å². The van der Waals surface area contributed by atoms with Crippen LogP contribution in [0.1, 0.15) is 57.8 Å². The van der Waals surface area contributed by atoms with Crippen LogP contribution >= 0.6 is 11.3 Å². The number of nitrogens with zero attached hydrogens (tertiary/aromatic N) is 4. The Morgan fingerprint density at radius 3 is 2.58 bits per heavy atom. The van der Waals surface area contributed by atoms with Gasteiger partial charge in [-0.3, -0.25) is 14.2 Å². The number of carbonyl (C=O) groups is 1. The third-order valence-corrected chi connectivity index (χ3v) is 10.1. The molecule has 0 N–H and O–H groups in total. The van der Waals surface area contributed by atoms with E-state index in [4.69, 9.17) is 0 Å². The second-order valence-corrected chi connectivity index (χ2v) is 12.8. The average molecular weight is 495 g/mol. The summed E-state index contributed by atoms with van der Waals surface area (Å²) in [6.45, 7) is 9.39. The van der Waals surface area contributed by atoms with E-state index in [1.807, 2.05) is 4.90 Å². The summed E-state index contributed by atoms with van der Waals surface area (Å²) in [6.07, 6.45) is 6.31. The number of likely N-dealkylation sites (tertiary alicyclic amines) is 1. The van der Waals surface area contributed by atoms with Gasteiger partial charge in [0.1, 0.15) is 16.3 Å². The van der Waals surface area contributed by atoms with Gasteiger partial charge >= 0.3 is 0 Å². The lowest BCUT2D eigenvalue weighted by Gasteiger charge is -2.35. The summed E-state index contributed by atoms with van der Waals surface area (Å²) in [5, 5.41) is 0.115. The molecule has 0 saturated carbocycles. The highest BCUT2D eigenvalue weighted by Crippen LogP contribution is 2.35. The van der Waals surface area contributed by atoms with Crippen LogP contribution in [0.25, 0.3) is 10.2 Å². The smallest absolute Gasteiger partial charge is 0.263 e. The molecular formula is C23H34N4O4S2. The lowest BCUT2D eigenvalue weighted by Crippen LogP contribution is -2.45. The largest absolute Gasteiger partial charge is 0.338 e. The maximum Gasteiger partial charge on any atom is 0.263 e. The van der Waals surface area contributed by atoms with Crippen LogP contribution in [0.5, 0.6) is 0 Å². The molecule has 0 radical (unpaired) electrons. The average Bonchev–Trinajstić information content (AvgIpc) is 3.12. The van der Waals surface area contributed by atoms with Gasteiger partial charge in [0.05, 0.1) is 11.7 Å². The molecule has 8 nitrogen and oxygen atoms in total. The van der Waals surface area contributed by atoms with Crippen LogP contribution in [0.4, 0.5) is 0 Å². The number of hydrogen-bond acceptors (Lipinski definition) is 6. The van der Waals surface area contributed by atoms with Gasteiger partial charge in [0.2, 0.25) is 15.9 Å². The Morgan fingerprint density at radius 1 is 1.21 bits per heavy atom. The van der Waals surface area contributed by atoms with Crippen LogP contribution < -0.4 is 5.56 Å². The number of aryl methyl sites for hydroxylation is 1. The highest BCUT2D eigenvalue weighted by atomic mass is 32.2. The van der Waals surface area contributed by atoms with Crippen molar-refractivity contribution in [3.8, 4) is 0 Å². The van der Waals surface area contributed by atoms with Gasteiger partial charge in [-0.15, -0.1) is 11.3 Å². The number of aromatic nitrogens is 2. The summed E-state index contributed by atoms with van der Waals surface area (Å²) >= 11 is 1.22.